The molecule has 0 radical (unpaired) electrons. The van der Waals surface area contributed by atoms with Crippen molar-refractivity contribution in [3.05, 3.63) is 76.2 Å². The van der Waals surface area contributed by atoms with Crippen LogP contribution in [-0.2, 0) is 13.0 Å². The molecule has 3 rings (SSSR count). The van der Waals surface area contributed by atoms with Crippen molar-refractivity contribution in [2.24, 2.45) is 0 Å². The van der Waals surface area contributed by atoms with E-state index in [9.17, 15) is 4.79 Å². The number of nitrogens with zero attached hydrogens (tertiary/aromatic N) is 2. The molecule has 0 unspecified atom stereocenters. The first-order valence-corrected chi connectivity index (χ1v) is 6.75. The Bertz CT molecular complexity index is 791. The lowest BCUT2D eigenvalue weighted by Crippen LogP contribution is -2.21. The van der Waals surface area contributed by atoms with Crippen LogP contribution in [-0.4, -0.2) is 9.55 Å². The van der Waals surface area contributed by atoms with E-state index in [1.807, 2.05) is 43.3 Å². The lowest BCUT2D eigenvalue weighted by atomic mass is 10.1. The maximum atomic E-state index is 12.1. The van der Waals surface area contributed by atoms with Crippen LogP contribution in [0.4, 0.5) is 0 Å². The summed E-state index contributed by atoms with van der Waals surface area (Å²) in [4.78, 5) is 16.6. The molecule has 0 spiro atoms. The summed E-state index contributed by atoms with van der Waals surface area (Å²) in [7, 11) is 0. The normalized spacial score (nSPS) is 10.8. The zero-order valence-corrected chi connectivity index (χ0v) is 11.4. The smallest absolute Gasteiger partial charge is 0.252 e. The van der Waals surface area contributed by atoms with E-state index in [2.05, 4.69) is 17.1 Å². The summed E-state index contributed by atoms with van der Waals surface area (Å²) in [6, 6.07) is 17.6. The van der Waals surface area contributed by atoms with Crippen LogP contribution in [0.5, 0.6) is 0 Å². The van der Waals surface area contributed by atoms with Crippen LogP contribution in [0.1, 0.15) is 11.3 Å². The van der Waals surface area contributed by atoms with E-state index in [0.29, 0.717) is 6.54 Å². The summed E-state index contributed by atoms with van der Waals surface area (Å²) in [6.45, 7) is 2.59. The van der Waals surface area contributed by atoms with Crippen LogP contribution in [0.15, 0.2) is 59.4 Å². The molecule has 0 aliphatic heterocycles. The van der Waals surface area contributed by atoms with Crippen molar-refractivity contribution in [1.29, 1.82) is 0 Å². The van der Waals surface area contributed by atoms with Gasteiger partial charge in [-0.1, -0.05) is 30.3 Å². The minimum Gasteiger partial charge on any atom is -0.292 e. The fraction of sp³-hybridized carbons (Fsp3) is 0.176. The Hall–Kier alpha value is -2.42. The summed E-state index contributed by atoms with van der Waals surface area (Å²) >= 11 is 0. The van der Waals surface area contributed by atoms with Gasteiger partial charge in [0, 0.05) is 23.7 Å². The van der Waals surface area contributed by atoms with Crippen LogP contribution in [0.2, 0.25) is 0 Å². The van der Waals surface area contributed by atoms with E-state index in [4.69, 9.17) is 0 Å². The van der Waals surface area contributed by atoms with Gasteiger partial charge in [0.25, 0.3) is 5.56 Å². The van der Waals surface area contributed by atoms with Crippen LogP contribution in [0, 0.1) is 6.92 Å². The number of aromatic nitrogens is 2. The van der Waals surface area contributed by atoms with Gasteiger partial charge in [0.15, 0.2) is 0 Å². The first-order valence-electron chi connectivity index (χ1n) is 6.75. The lowest BCUT2D eigenvalue weighted by Gasteiger charge is -2.09. The van der Waals surface area contributed by atoms with E-state index in [1.54, 1.807) is 10.6 Å². The maximum Gasteiger partial charge on any atom is 0.252 e. The SMILES string of the molecule is Cc1ccc2ccc(=O)n(CCc3ccccc3)c2n1. The number of rotatable bonds is 3. The van der Waals surface area contributed by atoms with Crippen LogP contribution >= 0.6 is 0 Å². The van der Waals surface area contributed by atoms with Crippen molar-refractivity contribution < 1.29 is 0 Å². The fourth-order valence-electron chi connectivity index (χ4n) is 2.36. The maximum absolute atomic E-state index is 12.1. The molecule has 0 aliphatic rings. The molecule has 0 atom stereocenters. The summed E-state index contributed by atoms with van der Waals surface area (Å²) in [6.07, 6.45) is 0.829. The van der Waals surface area contributed by atoms with Crippen molar-refractivity contribution in [2.75, 3.05) is 0 Å². The molecule has 0 fully saturated rings. The van der Waals surface area contributed by atoms with Gasteiger partial charge in [-0.25, -0.2) is 4.98 Å². The highest BCUT2D eigenvalue weighted by Gasteiger charge is 2.05. The number of aryl methyl sites for hydroxylation is 3. The van der Waals surface area contributed by atoms with E-state index in [-0.39, 0.29) is 5.56 Å². The third kappa shape index (κ3) is 2.48. The number of pyridine rings is 2. The van der Waals surface area contributed by atoms with Gasteiger partial charge in [-0.15, -0.1) is 0 Å². The van der Waals surface area contributed by atoms with Crippen molar-refractivity contribution in [3.63, 3.8) is 0 Å². The van der Waals surface area contributed by atoms with Gasteiger partial charge >= 0.3 is 0 Å². The van der Waals surface area contributed by atoms with Gasteiger partial charge in [0.2, 0.25) is 0 Å². The minimum atomic E-state index is 0.00605. The second-order valence-electron chi connectivity index (χ2n) is 4.92. The first-order chi connectivity index (χ1) is 9.74. The fourth-order valence-corrected chi connectivity index (χ4v) is 2.36. The van der Waals surface area contributed by atoms with Crippen molar-refractivity contribution in [1.82, 2.24) is 9.55 Å². The molecule has 0 N–H and O–H groups in total. The standard InChI is InChI=1S/C17H16N2O/c1-13-7-8-15-9-10-16(20)19(17(15)18-13)12-11-14-5-3-2-4-6-14/h2-10H,11-12H2,1H3. The Balaban J connectivity index is 2.00. The van der Waals surface area contributed by atoms with Gasteiger partial charge in [0.1, 0.15) is 5.65 Å². The molecule has 0 aliphatic carbocycles. The number of benzene rings is 1. The van der Waals surface area contributed by atoms with Gasteiger partial charge < -0.3 is 0 Å². The van der Waals surface area contributed by atoms with Crippen LogP contribution in [0.3, 0.4) is 0 Å². The number of hydrogen-bond donors (Lipinski definition) is 0. The molecule has 20 heavy (non-hydrogen) atoms. The van der Waals surface area contributed by atoms with Crippen LogP contribution < -0.4 is 5.56 Å². The predicted molar refractivity (Wildman–Crippen MR) is 80.9 cm³/mol. The Labute approximate surface area is 117 Å². The van der Waals surface area contributed by atoms with Crippen molar-refractivity contribution in [3.8, 4) is 0 Å². The monoisotopic (exact) mass is 264 g/mol. The molecule has 100 valence electrons. The highest BCUT2D eigenvalue weighted by Crippen LogP contribution is 2.11. The second kappa shape index (κ2) is 5.29. The van der Waals surface area contributed by atoms with Gasteiger partial charge in [0.05, 0.1) is 0 Å². The third-order valence-electron chi connectivity index (χ3n) is 3.44. The lowest BCUT2D eigenvalue weighted by molar-refractivity contribution is 0.687. The van der Waals surface area contributed by atoms with Crippen LogP contribution in [0.25, 0.3) is 11.0 Å². The van der Waals surface area contributed by atoms with E-state index in [1.165, 1.54) is 5.56 Å². The minimum absolute atomic E-state index is 0.00605. The average Bonchev–Trinajstić information content (AvgIpc) is 2.47. The van der Waals surface area contributed by atoms with Crippen molar-refractivity contribution >= 4 is 11.0 Å². The van der Waals surface area contributed by atoms with Gasteiger partial charge in [-0.05, 0) is 37.1 Å². The van der Waals surface area contributed by atoms with E-state index >= 15 is 0 Å². The summed E-state index contributed by atoms with van der Waals surface area (Å²) in [5, 5.41) is 1.00. The quantitative estimate of drug-likeness (QED) is 0.729. The number of hydrogen-bond acceptors (Lipinski definition) is 2. The molecule has 0 saturated heterocycles. The van der Waals surface area contributed by atoms with E-state index < -0.39 is 0 Å². The van der Waals surface area contributed by atoms with Gasteiger partial charge in [-0.2, -0.15) is 0 Å². The Morgan fingerprint density at radius 2 is 1.75 bits per heavy atom. The molecule has 0 saturated carbocycles. The molecular weight excluding hydrogens is 248 g/mol. The third-order valence-corrected chi connectivity index (χ3v) is 3.44. The molecule has 2 aromatic heterocycles. The Kier molecular flexibility index (Phi) is 3.33. The second-order valence-corrected chi connectivity index (χ2v) is 4.92. The topological polar surface area (TPSA) is 34.9 Å². The molecule has 1 aromatic carbocycles. The Morgan fingerprint density at radius 1 is 1.00 bits per heavy atom. The molecule has 3 nitrogen and oxygen atoms in total. The Morgan fingerprint density at radius 3 is 2.55 bits per heavy atom. The molecule has 2 heterocycles. The average molecular weight is 264 g/mol. The summed E-state index contributed by atoms with van der Waals surface area (Å²) in [5.74, 6) is 0. The van der Waals surface area contributed by atoms with E-state index in [0.717, 1.165) is 23.1 Å². The highest BCUT2D eigenvalue weighted by atomic mass is 16.1. The summed E-state index contributed by atoms with van der Waals surface area (Å²) in [5.41, 5.74) is 2.93. The highest BCUT2D eigenvalue weighted by molar-refractivity contribution is 5.74. The summed E-state index contributed by atoms with van der Waals surface area (Å²) < 4.78 is 1.76. The molecule has 3 aromatic rings. The van der Waals surface area contributed by atoms with Crippen molar-refractivity contribution in [2.45, 2.75) is 19.9 Å². The largest absolute Gasteiger partial charge is 0.292 e. The molecule has 0 bridgehead atoms. The number of fused-ring (bicyclic) bond motifs is 1. The predicted octanol–water partition coefficient (Wildman–Crippen LogP) is 2.95. The molecular formula is C17H16N2O. The zero-order chi connectivity index (χ0) is 13.9. The zero-order valence-electron chi connectivity index (χ0n) is 11.4. The molecule has 0 amide bonds. The first kappa shape index (κ1) is 12.6. The van der Waals surface area contributed by atoms with Gasteiger partial charge in [-0.3, -0.25) is 9.36 Å². The molecule has 3 heteroatoms.